The van der Waals surface area contributed by atoms with Crippen molar-refractivity contribution < 1.29 is 28.8 Å². The highest BCUT2D eigenvalue weighted by Crippen LogP contribution is 2.32. The Kier molecular flexibility index (Phi) is 6.35. The van der Waals surface area contributed by atoms with Gasteiger partial charge in [-0.15, -0.1) is 0 Å². The zero-order valence-corrected chi connectivity index (χ0v) is 18.0. The van der Waals surface area contributed by atoms with Crippen molar-refractivity contribution in [3.8, 4) is 23.0 Å². The van der Waals surface area contributed by atoms with E-state index in [0.29, 0.717) is 42.6 Å². The average molecular weight is 435 g/mol. The largest absolute Gasteiger partial charge is 0.496 e. The zero-order valence-electron chi connectivity index (χ0n) is 18.0. The van der Waals surface area contributed by atoms with Gasteiger partial charge in [-0.05, 0) is 18.2 Å². The van der Waals surface area contributed by atoms with E-state index in [1.807, 2.05) is 42.5 Å². The fourth-order valence-corrected chi connectivity index (χ4v) is 3.73. The van der Waals surface area contributed by atoms with Crippen LogP contribution in [0.4, 0.5) is 0 Å². The van der Waals surface area contributed by atoms with Crippen molar-refractivity contribution in [2.24, 2.45) is 0 Å². The third-order valence-corrected chi connectivity index (χ3v) is 5.19. The molecule has 0 spiro atoms. The van der Waals surface area contributed by atoms with Gasteiger partial charge in [0.15, 0.2) is 0 Å². The summed E-state index contributed by atoms with van der Waals surface area (Å²) in [6.07, 6.45) is 0.676. The van der Waals surface area contributed by atoms with Crippen molar-refractivity contribution in [3.05, 3.63) is 60.7 Å². The van der Waals surface area contributed by atoms with Gasteiger partial charge >= 0.3 is 5.97 Å². The number of carboxylic acid groups (broad SMARTS) is 1. The number of nitrogens with zero attached hydrogens (tertiary/aromatic N) is 1. The third-order valence-electron chi connectivity index (χ3n) is 5.19. The molecule has 7 nitrogen and oxygen atoms in total. The summed E-state index contributed by atoms with van der Waals surface area (Å²) in [6.45, 7) is 0.828. The minimum Gasteiger partial charge on any atom is -0.496 e. The lowest BCUT2D eigenvalue weighted by molar-refractivity contribution is -0.137. The number of aromatic nitrogens is 1. The molecule has 1 N–H and O–H groups in total. The van der Waals surface area contributed by atoms with Gasteiger partial charge in [-0.1, -0.05) is 18.2 Å². The molecule has 166 valence electrons. The van der Waals surface area contributed by atoms with Crippen LogP contribution >= 0.6 is 0 Å². The average Bonchev–Trinajstić information content (AvgIpc) is 3.11. The number of hydrogen-bond donors (Lipinski definition) is 1. The van der Waals surface area contributed by atoms with Gasteiger partial charge < -0.3 is 28.6 Å². The van der Waals surface area contributed by atoms with Gasteiger partial charge in [0.1, 0.15) is 29.5 Å². The van der Waals surface area contributed by atoms with Gasteiger partial charge in [-0.25, -0.2) is 0 Å². The fraction of sp³-hybridized carbons (Fsp3) is 0.240. The molecular formula is C25H25NO6. The maximum atomic E-state index is 11.4. The van der Waals surface area contributed by atoms with Gasteiger partial charge in [-0.3, -0.25) is 4.79 Å². The number of para-hydroxylation sites is 1. The molecule has 0 unspecified atom stereocenters. The Labute approximate surface area is 185 Å². The van der Waals surface area contributed by atoms with Crippen LogP contribution in [0.5, 0.6) is 23.0 Å². The molecule has 1 aromatic heterocycles. The first-order valence-electron chi connectivity index (χ1n) is 10.3. The van der Waals surface area contributed by atoms with Gasteiger partial charge in [0.2, 0.25) is 0 Å². The zero-order chi connectivity index (χ0) is 22.5. The summed E-state index contributed by atoms with van der Waals surface area (Å²) in [5.74, 6) is 1.81. The molecule has 1 heterocycles. The molecule has 3 aromatic carbocycles. The van der Waals surface area contributed by atoms with E-state index in [9.17, 15) is 9.90 Å². The van der Waals surface area contributed by atoms with Crippen LogP contribution in [-0.4, -0.2) is 43.1 Å². The predicted molar refractivity (Wildman–Crippen MR) is 122 cm³/mol. The number of benzene rings is 3. The topological polar surface area (TPSA) is 79.2 Å². The fourth-order valence-electron chi connectivity index (χ4n) is 3.73. The maximum Gasteiger partial charge on any atom is 0.323 e. The van der Waals surface area contributed by atoms with Gasteiger partial charge in [-0.2, -0.15) is 0 Å². The quantitative estimate of drug-likeness (QED) is 0.362. The second-order valence-corrected chi connectivity index (χ2v) is 7.27. The Hall–Kier alpha value is -3.87. The van der Waals surface area contributed by atoms with E-state index < -0.39 is 5.97 Å². The first-order valence-corrected chi connectivity index (χ1v) is 10.3. The molecule has 4 rings (SSSR count). The minimum atomic E-state index is -0.884. The van der Waals surface area contributed by atoms with Crippen molar-refractivity contribution in [3.63, 3.8) is 0 Å². The van der Waals surface area contributed by atoms with Crippen molar-refractivity contribution in [2.45, 2.75) is 13.0 Å². The third kappa shape index (κ3) is 4.56. The Balaban J connectivity index is 1.42. The highest BCUT2D eigenvalue weighted by atomic mass is 16.5. The predicted octanol–water partition coefficient (Wildman–Crippen LogP) is 4.74. The summed E-state index contributed by atoms with van der Waals surface area (Å²) in [5, 5.41) is 11.4. The number of carbonyl (C=O) groups is 1. The minimum absolute atomic E-state index is 0.106. The van der Waals surface area contributed by atoms with Crippen LogP contribution in [0.25, 0.3) is 21.8 Å². The molecule has 0 atom stereocenters. The maximum absolute atomic E-state index is 11.4. The van der Waals surface area contributed by atoms with Crippen LogP contribution in [0, 0.1) is 0 Å². The lowest BCUT2D eigenvalue weighted by atomic mass is 10.1. The van der Waals surface area contributed by atoms with Crippen LogP contribution in [0.2, 0.25) is 0 Å². The molecule has 0 aliphatic heterocycles. The van der Waals surface area contributed by atoms with E-state index in [1.165, 1.54) is 0 Å². The van der Waals surface area contributed by atoms with Crippen LogP contribution in [0.3, 0.4) is 0 Å². The number of hydrogen-bond acceptors (Lipinski definition) is 5. The van der Waals surface area contributed by atoms with Gasteiger partial charge in [0.25, 0.3) is 0 Å². The Bertz CT molecular complexity index is 1220. The smallest absolute Gasteiger partial charge is 0.323 e. The molecule has 4 aromatic rings. The summed E-state index contributed by atoms with van der Waals surface area (Å²) in [7, 11) is 3.19. The number of carboxylic acids is 1. The molecule has 0 aliphatic rings. The molecule has 0 bridgehead atoms. The number of aliphatic carboxylic acids is 1. The Morgan fingerprint density at radius 2 is 1.41 bits per heavy atom. The summed E-state index contributed by atoms with van der Waals surface area (Å²) >= 11 is 0. The van der Waals surface area contributed by atoms with Crippen molar-refractivity contribution >= 4 is 27.8 Å². The highest BCUT2D eigenvalue weighted by molar-refractivity contribution is 6.08. The first-order chi connectivity index (χ1) is 15.6. The van der Waals surface area contributed by atoms with E-state index in [1.54, 1.807) is 37.0 Å². The SMILES string of the molecule is COc1cc(OC)cc(OCCCOc2ccc3c4ccccc4n(CC(=O)O)c3c2)c1. The molecular weight excluding hydrogens is 410 g/mol. The molecule has 0 amide bonds. The van der Waals surface area contributed by atoms with E-state index in [2.05, 4.69) is 0 Å². The summed E-state index contributed by atoms with van der Waals surface area (Å²) in [5.41, 5.74) is 1.73. The second-order valence-electron chi connectivity index (χ2n) is 7.27. The standard InChI is InChI=1S/C25H25NO6/c1-29-18-12-19(30-2)14-20(13-18)32-11-5-10-31-17-8-9-22-21-6-3-4-7-23(21)26(16-25(27)28)24(22)15-17/h3-4,6-9,12-15H,5,10-11,16H2,1-2H3,(H,27,28). The van der Waals surface area contributed by atoms with Gasteiger partial charge in [0.05, 0.1) is 33.0 Å². The van der Waals surface area contributed by atoms with Gasteiger partial charge in [0, 0.05) is 47.0 Å². The number of ether oxygens (including phenoxy) is 4. The lowest BCUT2D eigenvalue weighted by Crippen LogP contribution is -2.08. The van der Waals surface area contributed by atoms with Crippen LogP contribution in [0.1, 0.15) is 6.42 Å². The molecule has 7 heteroatoms. The van der Waals surface area contributed by atoms with Crippen LogP contribution < -0.4 is 18.9 Å². The number of rotatable bonds is 10. The summed E-state index contributed by atoms with van der Waals surface area (Å²) in [6, 6.07) is 19.0. The number of fused-ring (bicyclic) bond motifs is 3. The molecule has 32 heavy (non-hydrogen) atoms. The summed E-state index contributed by atoms with van der Waals surface area (Å²) in [4.78, 5) is 11.4. The number of methoxy groups -OCH3 is 2. The Morgan fingerprint density at radius 1 is 0.781 bits per heavy atom. The monoisotopic (exact) mass is 435 g/mol. The molecule has 0 aliphatic carbocycles. The van der Waals surface area contributed by atoms with Crippen molar-refractivity contribution in [1.82, 2.24) is 4.57 Å². The lowest BCUT2D eigenvalue weighted by Gasteiger charge is -2.11. The van der Waals surface area contributed by atoms with Crippen molar-refractivity contribution in [2.75, 3.05) is 27.4 Å². The first kappa shape index (κ1) is 21.4. The van der Waals surface area contributed by atoms with Crippen LogP contribution in [0.15, 0.2) is 60.7 Å². The molecule has 0 radical (unpaired) electrons. The summed E-state index contributed by atoms with van der Waals surface area (Å²) < 4.78 is 24.0. The van der Waals surface area contributed by atoms with E-state index in [-0.39, 0.29) is 6.54 Å². The van der Waals surface area contributed by atoms with E-state index in [4.69, 9.17) is 18.9 Å². The Morgan fingerprint density at radius 3 is 2.09 bits per heavy atom. The highest BCUT2D eigenvalue weighted by Gasteiger charge is 2.13. The second kappa shape index (κ2) is 9.51. The van der Waals surface area contributed by atoms with Crippen molar-refractivity contribution in [1.29, 1.82) is 0 Å². The normalized spacial score (nSPS) is 10.9. The van der Waals surface area contributed by atoms with E-state index >= 15 is 0 Å². The molecule has 0 fully saturated rings. The molecule has 0 saturated heterocycles. The van der Waals surface area contributed by atoms with Crippen LogP contribution in [-0.2, 0) is 11.3 Å². The van der Waals surface area contributed by atoms with E-state index in [0.717, 1.165) is 21.8 Å². The molecule has 0 saturated carbocycles.